The van der Waals surface area contributed by atoms with Gasteiger partial charge >= 0.3 is 0 Å². The molecule has 0 aliphatic heterocycles. The molecule has 0 saturated carbocycles. The third-order valence-corrected chi connectivity index (χ3v) is 0. The van der Waals surface area contributed by atoms with Gasteiger partial charge in [0.25, 0.3) is 0 Å². The normalized spacial score (nSPS) is 0. The maximum Gasteiger partial charge on any atom is 0.187 e. The van der Waals surface area contributed by atoms with Crippen LogP contribution in [0.4, 0.5) is 0 Å². The van der Waals surface area contributed by atoms with Crippen LogP contribution in [-0.2, 0) is 0 Å². The van der Waals surface area contributed by atoms with Crippen LogP contribution in [0.3, 0.4) is 0 Å². The molecule has 0 heterocycles. The summed E-state index contributed by atoms with van der Waals surface area (Å²) < 4.78 is 0. The molecule has 23 valence electrons. The molecule has 0 bridgehead atoms. The highest BCUT2D eigenvalue weighted by Crippen LogP contribution is 0.144. The Hall–Kier alpha value is 1.13. The molecular formula is CH10Al2B. The Balaban J connectivity index is 0. The van der Waals surface area contributed by atoms with Gasteiger partial charge in [-0.15, -0.1) is 0 Å². The zero-order valence-electron chi connectivity index (χ0n) is 0.577. The van der Waals surface area contributed by atoms with Crippen LogP contribution < -0.4 is 0 Å². The third-order valence-electron chi connectivity index (χ3n) is 0. The molecular weight excluding hydrogens is 76.8 g/mol. The fourth-order valence-electron chi connectivity index (χ4n) is 0. The van der Waals surface area contributed by atoms with Crippen molar-refractivity contribution in [2.24, 2.45) is 0 Å². The van der Waals surface area contributed by atoms with Crippen LogP contribution in [0.2, 0.25) is 0 Å². The maximum absolute atomic E-state index is 0. The molecule has 0 N–H and O–H groups in total. The highest BCUT2D eigenvalue weighted by molar-refractivity contribution is 5.76. The van der Waals surface area contributed by atoms with Crippen LogP contribution in [0.25, 0.3) is 0 Å². The summed E-state index contributed by atoms with van der Waals surface area (Å²) in [5.41, 5.74) is 0. The van der Waals surface area contributed by atoms with Crippen molar-refractivity contribution in [2.75, 3.05) is 0 Å². The summed E-state index contributed by atoms with van der Waals surface area (Å²) in [6.45, 7) is 0. The van der Waals surface area contributed by atoms with Crippen molar-refractivity contribution >= 4 is 43.1 Å². The minimum Gasteiger partial charge on any atom is -0.0776 e. The molecule has 4 heavy (non-hydrogen) atoms. The fraction of sp³-hybridized carbons (Fsp3) is 1.00. The summed E-state index contributed by atoms with van der Waals surface area (Å²) in [5, 5.41) is 0. The molecule has 0 aliphatic rings. The van der Waals surface area contributed by atoms with E-state index in [1.165, 1.54) is 0 Å². The first-order valence-corrected chi connectivity index (χ1v) is 0. The molecule has 0 rings (SSSR count). The van der Waals surface area contributed by atoms with Crippen molar-refractivity contribution < 1.29 is 0 Å². The van der Waals surface area contributed by atoms with E-state index in [1.807, 2.05) is 0 Å². The monoisotopic (exact) mass is 87.1 g/mol. The van der Waals surface area contributed by atoms with Gasteiger partial charge in [-0.25, -0.2) is 0 Å². The highest BCUT2D eigenvalue weighted by Gasteiger charge is 0.188. The van der Waals surface area contributed by atoms with Crippen LogP contribution in [0.15, 0.2) is 0 Å². The molecule has 0 unspecified atom stereocenters. The number of hydrogen-bond acceptors (Lipinski definition) is 0. The lowest BCUT2D eigenvalue weighted by molar-refractivity contribution is 2.50. The van der Waals surface area contributed by atoms with Crippen LogP contribution in [0, 0.1) is 0 Å². The van der Waals surface area contributed by atoms with Crippen molar-refractivity contribution in [3.8, 4) is 0 Å². The van der Waals surface area contributed by atoms with E-state index in [2.05, 4.69) is 0 Å². The van der Waals surface area contributed by atoms with Crippen LogP contribution in [-0.4, -0.2) is 43.1 Å². The van der Waals surface area contributed by atoms with Crippen molar-refractivity contribution in [1.82, 2.24) is 0 Å². The first-order chi connectivity index (χ1) is 0. The standard InChI is InChI=1S/CH4.2Al.B.6H/h1H4;;;;;;;;;. The highest BCUT2D eigenvalue weighted by atomic mass is 27.0. The van der Waals surface area contributed by atoms with E-state index in [9.17, 15) is 0 Å². The molecule has 0 fully saturated rings. The second kappa shape index (κ2) is 31.7. The Morgan fingerprint density at radius 3 is 0.750 bits per heavy atom. The summed E-state index contributed by atoms with van der Waals surface area (Å²) in [7, 11) is 0. The minimum absolute atomic E-state index is 0. The fourth-order valence-corrected chi connectivity index (χ4v) is 0. The van der Waals surface area contributed by atoms with Crippen molar-refractivity contribution in [3.63, 3.8) is 0 Å². The van der Waals surface area contributed by atoms with E-state index in [4.69, 9.17) is 0 Å². The topological polar surface area (TPSA) is 0 Å². The van der Waals surface area contributed by atoms with E-state index >= 15 is 0 Å². The molecule has 3 heteroatoms. The zero-order valence-corrected chi connectivity index (χ0v) is 0.577. The van der Waals surface area contributed by atoms with Gasteiger partial charge in [-0.1, -0.05) is 7.43 Å². The first-order valence-electron chi connectivity index (χ1n) is 0. The first kappa shape index (κ1) is 68.5. The Morgan fingerprint density at radius 2 is 0.750 bits per heavy atom. The SMILES string of the molecule is C.[AlH3].[AlH3].[B]. The third kappa shape index (κ3) is 11.1. The van der Waals surface area contributed by atoms with Crippen LogP contribution in [0.1, 0.15) is 7.43 Å². The van der Waals surface area contributed by atoms with E-state index in [0.29, 0.717) is 0 Å². The lowest BCUT2D eigenvalue weighted by atomic mass is 10.8. The lowest BCUT2D eigenvalue weighted by Crippen LogP contribution is -0.382. The zero-order chi connectivity index (χ0) is 0. The molecule has 0 aliphatic carbocycles. The Labute approximate surface area is 50.8 Å². The van der Waals surface area contributed by atoms with Gasteiger partial charge in [-0.2, -0.15) is 0 Å². The molecule has 0 aromatic heterocycles. The van der Waals surface area contributed by atoms with Gasteiger partial charge < -0.3 is 0 Å². The summed E-state index contributed by atoms with van der Waals surface area (Å²) in [6.07, 6.45) is 0. The van der Waals surface area contributed by atoms with Gasteiger partial charge in [0.2, 0.25) is 0 Å². The second-order valence-corrected chi connectivity index (χ2v) is 0. The molecule has 0 saturated heterocycles. The van der Waals surface area contributed by atoms with Crippen LogP contribution in [0.5, 0.6) is 0 Å². The molecule has 0 nitrogen and oxygen atoms in total. The molecule has 0 amide bonds. The number of hydrogen-bond donors (Lipinski definition) is 0. The molecule has 0 aromatic rings. The van der Waals surface area contributed by atoms with Gasteiger partial charge in [-0.05, 0) is 0 Å². The predicted molar refractivity (Wildman–Crippen MR) is 32.4 cm³/mol. The average molecular weight is 86.9 g/mol. The van der Waals surface area contributed by atoms with E-state index in [-0.39, 0.29) is 50.6 Å². The van der Waals surface area contributed by atoms with Gasteiger partial charge in [0.05, 0.1) is 0 Å². The lowest BCUT2D eigenvalue weighted by Gasteiger charge is -0.0776. The minimum atomic E-state index is 0. The Morgan fingerprint density at radius 1 is 0.750 bits per heavy atom. The van der Waals surface area contributed by atoms with Gasteiger partial charge in [0.15, 0.2) is 34.7 Å². The predicted octanol–water partition coefficient (Wildman–Crippen LogP) is -2.11. The van der Waals surface area contributed by atoms with E-state index in [0.717, 1.165) is 0 Å². The quantitative estimate of drug-likeness (QED) is 0.296. The summed E-state index contributed by atoms with van der Waals surface area (Å²) in [6, 6.07) is 0. The average Bonchev–Trinajstić information content (AvgIpc) is 0. The molecule has 0 atom stereocenters. The summed E-state index contributed by atoms with van der Waals surface area (Å²) in [4.78, 5) is 0. The molecule has 3 radical (unpaired) electrons. The van der Waals surface area contributed by atoms with Crippen molar-refractivity contribution in [2.45, 2.75) is 7.43 Å². The Kier molecular flexibility index (Phi) is 543. The maximum atomic E-state index is 0. The van der Waals surface area contributed by atoms with Crippen molar-refractivity contribution in [3.05, 3.63) is 0 Å². The largest absolute Gasteiger partial charge is 0.187 e. The Bertz CT molecular complexity index is 6.00. The van der Waals surface area contributed by atoms with E-state index in [1.54, 1.807) is 0 Å². The van der Waals surface area contributed by atoms with Gasteiger partial charge in [0, 0.05) is 8.41 Å². The van der Waals surface area contributed by atoms with E-state index < -0.39 is 0 Å². The molecule has 0 aromatic carbocycles. The van der Waals surface area contributed by atoms with Crippen LogP contribution >= 0.6 is 0 Å². The second-order valence-electron chi connectivity index (χ2n) is 0. The summed E-state index contributed by atoms with van der Waals surface area (Å²) >= 11 is 0. The number of rotatable bonds is 0. The van der Waals surface area contributed by atoms with Crippen molar-refractivity contribution in [1.29, 1.82) is 0 Å². The molecule has 0 spiro atoms. The smallest absolute Gasteiger partial charge is 0.0776 e. The summed E-state index contributed by atoms with van der Waals surface area (Å²) in [5.74, 6) is 0. The van der Waals surface area contributed by atoms with Gasteiger partial charge in [0.1, 0.15) is 0 Å². The van der Waals surface area contributed by atoms with Gasteiger partial charge in [-0.3, -0.25) is 0 Å².